The van der Waals surface area contributed by atoms with Gasteiger partial charge in [-0.1, -0.05) is 42.5 Å². The Hall–Kier alpha value is -1.28. The topological polar surface area (TPSA) is 23.9 Å². The number of hydrogen-bond donors (Lipinski definition) is 1. The Kier molecular flexibility index (Phi) is 2.55. The van der Waals surface area contributed by atoms with Crippen LogP contribution in [-0.4, -0.2) is 11.3 Å². The van der Waals surface area contributed by atoms with Crippen molar-refractivity contribution in [2.75, 3.05) is 6.26 Å². The van der Waals surface area contributed by atoms with Crippen molar-refractivity contribution in [3.8, 4) is 0 Å². The summed E-state index contributed by atoms with van der Waals surface area (Å²) < 4.78 is 0. The van der Waals surface area contributed by atoms with Crippen molar-refractivity contribution in [1.82, 2.24) is 0 Å². The monoisotopic (exact) mass is 201 g/mol. The van der Waals surface area contributed by atoms with Gasteiger partial charge in [-0.05, 0) is 17.0 Å². The lowest BCUT2D eigenvalue weighted by molar-refractivity contribution is 1.54. The van der Waals surface area contributed by atoms with E-state index in [9.17, 15) is 0 Å². The van der Waals surface area contributed by atoms with Gasteiger partial charge in [-0.15, -0.1) is 11.8 Å². The van der Waals surface area contributed by atoms with Gasteiger partial charge in [-0.25, -0.2) is 0 Å². The Labute approximate surface area is 87.7 Å². The summed E-state index contributed by atoms with van der Waals surface area (Å²) in [7, 11) is 0. The lowest BCUT2D eigenvalue weighted by Gasteiger charge is -2.05. The average molecular weight is 201 g/mol. The van der Waals surface area contributed by atoms with Crippen LogP contribution in [-0.2, 0) is 0 Å². The van der Waals surface area contributed by atoms with Gasteiger partial charge in [0.25, 0.3) is 0 Å². The van der Waals surface area contributed by atoms with Gasteiger partial charge in [0.2, 0.25) is 0 Å². The van der Waals surface area contributed by atoms with Gasteiger partial charge in [0.15, 0.2) is 0 Å². The molecule has 0 aliphatic heterocycles. The van der Waals surface area contributed by atoms with Crippen LogP contribution in [0.2, 0.25) is 0 Å². The molecule has 0 atom stereocenters. The van der Waals surface area contributed by atoms with Gasteiger partial charge in [-0.2, -0.15) is 0 Å². The summed E-state index contributed by atoms with van der Waals surface area (Å²) in [5, 5.41) is 10.8. The molecule has 14 heavy (non-hydrogen) atoms. The van der Waals surface area contributed by atoms with Crippen molar-refractivity contribution in [3.05, 3.63) is 48.0 Å². The van der Waals surface area contributed by atoms with Gasteiger partial charge in [0, 0.05) is 5.56 Å². The summed E-state index contributed by atoms with van der Waals surface area (Å²) in [5.74, 6) is 0. The minimum atomic E-state index is 0.627. The van der Waals surface area contributed by atoms with Gasteiger partial charge in [0.1, 0.15) is 0 Å². The van der Waals surface area contributed by atoms with E-state index in [4.69, 9.17) is 5.41 Å². The van der Waals surface area contributed by atoms with E-state index in [2.05, 4.69) is 18.2 Å². The highest BCUT2D eigenvalue weighted by molar-refractivity contribution is 8.13. The van der Waals surface area contributed by atoms with Crippen molar-refractivity contribution in [2.24, 2.45) is 0 Å². The maximum absolute atomic E-state index is 7.82. The molecule has 2 aromatic rings. The van der Waals surface area contributed by atoms with Gasteiger partial charge in [-0.3, -0.25) is 5.41 Å². The Morgan fingerprint density at radius 2 is 1.79 bits per heavy atom. The van der Waals surface area contributed by atoms with Crippen molar-refractivity contribution >= 4 is 27.6 Å². The first-order chi connectivity index (χ1) is 6.83. The molecule has 0 aliphatic carbocycles. The van der Waals surface area contributed by atoms with Crippen LogP contribution in [0.4, 0.5) is 0 Å². The van der Waals surface area contributed by atoms with Crippen molar-refractivity contribution in [2.45, 2.75) is 0 Å². The van der Waals surface area contributed by atoms with E-state index in [1.165, 1.54) is 17.1 Å². The second-order valence-corrected chi connectivity index (χ2v) is 3.88. The highest BCUT2D eigenvalue weighted by atomic mass is 32.2. The zero-order valence-corrected chi connectivity index (χ0v) is 8.77. The molecule has 2 heteroatoms. The molecule has 0 spiro atoms. The number of hydrogen-bond acceptors (Lipinski definition) is 2. The summed E-state index contributed by atoms with van der Waals surface area (Å²) in [4.78, 5) is 0. The van der Waals surface area contributed by atoms with Gasteiger partial charge >= 0.3 is 0 Å². The van der Waals surface area contributed by atoms with E-state index in [-0.39, 0.29) is 0 Å². The average Bonchev–Trinajstić information content (AvgIpc) is 2.27. The van der Waals surface area contributed by atoms with Gasteiger partial charge in [0.05, 0.1) is 5.04 Å². The first kappa shape index (κ1) is 9.28. The maximum Gasteiger partial charge on any atom is 0.0945 e. The fourth-order valence-electron chi connectivity index (χ4n) is 1.53. The van der Waals surface area contributed by atoms with E-state index in [1.807, 2.05) is 30.5 Å². The maximum atomic E-state index is 7.82. The van der Waals surface area contributed by atoms with Crippen molar-refractivity contribution in [3.63, 3.8) is 0 Å². The molecule has 0 amide bonds. The number of fused-ring (bicyclic) bond motifs is 1. The van der Waals surface area contributed by atoms with Crippen molar-refractivity contribution < 1.29 is 0 Å². The van der Waals surface area contributed by atoms with Crippen LogP contribution >= 0.6 is 11.8 Å². The Balaban J connectivity index is 2.71. The zero-order chi connectivity index (χ0) is 9.97. The van der Waals surface area contributed by atoms with Crippen LogP contribution in [0.5, 0.6) is 0 Å². The Bertz CT molecular complexity index is 471. The van der Waals surface area contributed by atoms with Crippen LogP contribution < -0.4 is 0 Å². The van der Waals surface area contributed by atoms with E-state index in [1.54, 1.807) is 0 Å². The Morgan fingerprint density at radius 3 is 2.57 bits per heavy atom. The molecule has 1 N–H and O–H groups in total. The molecule has 0 aliphatic rings. The molecule has 0 radical (unpaired) electrons. The van der Waals surface area contributed by atoms with E-state index in [0.29, 0.717) is 5.04 Å². The fourth-order valence-corrected chi connectivity index (χ4v) is 1.93. The highest BCUT2D eigenvalue weighted by Crippen LogP contribution is 2.21. The molecule has 0 aromatic heterocycles. The summed E-state index contributed by atoms with van der Waals surface area (Å²) in [6.07, 6.45) is 1.93. The molecule has 2 aromatic carbocycles. The smallest absolute Gasteiger partial charge is 0.0945 e. The third-order valence-electron chi connectivity index (χ3n) is 2.24. The normalized spacial score (nSPS) is 10.4. The van der Waals surface area contributed by atoms with E-state index < -0.39 is 0 Å². The van der Waals surface area contributed by atoms with E-state index >= 15 is 0 Å². The second kappa shape index (κ2) is 3.84. The van der Waals surface area contributed by atoms with Crippen molar-refractivity contribution in [1.29, 1.82) is 5.41 Å². The molecule has 1 nitrogen and oxygen atoms in total. The zero-order valence-electron chi connectivity index (χ0n) is 7.95. The molecule has 70 valence electrons. The minimum absolute atomic E-state index is 0.627. The van der Waals surface area contributed by atoms with Crippen LogP contribution in [0.3, 0.4) is 0 Å². The second-order valence-electron chi connectivity index (χ2n) is 3.06. The molecule has 0 fully saturated rings. The lowest BCUT2D eigenvalue weighted by Crippen LogP contribution is -1.93. The first-order valence-electron chi connectivity index (χ1n) is 4.43. The Morgan fingerprint density at radius 1 is 1.07 bits per heavy atom. The SMILES string of the molecule is CSC(=N)c1cccc2ccccc12. The molecule has 0 unspecified atom stereocenters. The molecule has 0 heterocycles. The van der Waals surface area contributed by atoms with Crippen LogP contribution in [0.15, 0.2) is 42.5 Å². The predicted octanol–water partition coefficient (Wildman–Crippen LogP) is 3.53. The lowest BCUT2D eigenvalue weighted by atomic mass is 10.1. The number of thioether (sulfide) groups is 1. The molecule has 0 bridgehead atoms. The van der Waals surface area contributed by atoms with Crippen LogP contribution in [0, 0.1) is 5.41 Å². The number of nitrogens with one attached hydrogen (secondary N) is 1. The summed E-state index contributed by atoms with van der Waals surface area (Å²) in [6, 6.07) is 14.3. The molecular formula is C12H11NS. The predicted molar refractivity (Wildman–Crippen MR) is 64.3 cm³/mol. The summed E-state index contributed by atoms with van der Waals surface area (Å²) in [5.41, 5.74) is 1.02. The first-order valence-corrected chi connectivity index (χ1v) is 5.66. The quantitative estimate of drug-likeness (QED) is 0.554. The fraction of sp³-hybridized carbons (Fsp3) is 0.0833. The van der Waals surface area contributed by atoms with E-state index in [0.717, 1.165) is 10.9 Å². The van der Waals surface area contributed by atoms with Gasteiger partial charge < -0.3 is 0 Å². The van der Waals surface area contributed by atoms with Crippen LogP contribution in [0.25, 0.3) is 10.8 Å². The minimum Gasteiger partial charge on any atom is -0.293 e. The molecule has 0 saturated heterocycles. The molecule has 0 saturated carbocycles. The molecular weight excluding hydrogens is 190 g/mol. The highest BCUT2D eigenvalue weighted by Gasteiger charge is 2.03. The largest absolute Gasteiger partial charge is 0.293 e. The summed E-state index contributed by atoms with van der Waals surface area (Å²) in [6.45, 7) is 0. The standard InChI is InChI=1S/C12H11NS/c1-14-12(13)11-8-4-6-9-5-2-3-7-10(9)11/h2-8,13H,1H3. The third kappa shape index (κ3) is 1.53. The van der Waals surface area contributed by atoms with Crippen LogP contribution in [0.1, 0.15) is 5.56 Å². The number of benzene rings is 2. The molecule has 2 rings (SSSR count). The third-order valence-corrected chi connectivity index (χ3v) is 2.87. The summed E-state index contributed by atoms with van der Waals surface area (Å²) >= 11 is 1.48. The number of rotatable bonds is 1.